The van der Waals surface area contributed by atoms with Gasteiger partial charge >= 0.3 is 0 Å². The molecule has 0 aliphatic rings. The third kappa shape index (κ3) is 3.23. The van der Waals surface area contributed by atoms with Crippen LogP contribution in [0.2, 0.25) is 0 Å². The van der Waals surface area contributed by atoms with Crippen LogP contribution in [0.25, 0.3) is 0 Å². The summed E-state index contributed by atoms with van der Waals surface area (Å²) in [6, 6.07) is 5.68. The van der Waals surface area contributed by atoms with E-state index in [0.29, 0.717) is 6.42 Å². The quantitative estimate of drug-likeness (QED) is 0.804. The van der Waals surface area contributed by atoms with Crippen molar-refractivity contribution in [2.45, 2.75) is 20.3 Å². The molecule has 0 aliphatic carbocycles. The molecule has 17 heavy (non-hydrogen) atoms. The molecule has 0 saturated carbocycles. The minimum absolute atomic E-state index is 0.146. The van der Waals surface area contributed by atoms with E-state index in [1.165, 1.54) is 0 Å². The molecule has 2 rings (SSSR count). The van der Waals surface area contributed by atoms with Crippen LogP contribution in [0.15, 0.2) is 28.1 Å². The van der Waals surface area contributed by atoms with E-state index in [1.807, 2.05) is 37.4 Å². The number of halogens is 1. The predicted molar refractivity (Wildman–Crippen MR) is 73.8 cm³/mol. The lowest BCUT2D eigenvalue weighted by molar-refractivity contribution is 0.0993. The maximum Gasteiger partial charge on any atom is 0.168 e. The van der Waals surface area contributed by atoms with Crippen molar-refractivity contribution < 1.29 is 4.79 Å². The molecule has 0 bridgehead atoms. The van der Waals surface area contributed by atoms with Crippen LogP contribution in [0.3, 0.4) is 0 Å². The number of carbonyl (C=O) groups is 1. The van der Waals surface area contributed by atoms with Gasteiger partial charge in [-0.15, -0.1) is 11.3 Å². The Morgan fingerprint density at radius 1 is 1.29 bits per heavy atom. The van der Waals surface area contributed by atoms with Crippen molar-refractivity contribution in [2.75, 3.05) is 0 Å². The summed E-state index contributed by atoms with van der Waals surface area (Å²) in [7, 11) is 0. The van der Waals surface area contributed by atoms with Crippen LogP contribution in [0.4, 0.5) is 0 Å². The fourth-order valence-corrected chi connectivity index (χ4v) is 3.15. The highest BCUT2D eigenvalue weighted by Gasteiger charge is 2.10. The van der Waals surface area contributed by atoms with E-state index < -0.39 is 0 Å². The topological polar surface area (TPSA) is 30.0 Å². The van der Waals surface area contributed by atoms with E-state index in [0.717, 1.165) is 26.3 Å². The molecule has 2 nitrogen and oxygen atoms in total. The van der Waals surface area contributed by atoms with Crippen LogP contribution in [0, 0.1) is 13.8 Å². The Morgan fingerprint density at radius 2 is 1.94 bits per heavy atom. The monoisotopic (exact) mass is 309 g/mol. The lowest BCUT2D eigenvalue weighted by Gasteiger charge is -2.02. The molecule has 0 unspecified atom stereocenters. The number of thiophene rings is 1. The number of nitrogens with zero attached hydrogens (tertiary/aromatic N) is 1. The number of aryl methyl sites for hydroxylation is 2. The number of pyridine rings is 1. The second-order valence-corrected chi connectivity index (χ2v) is 5.88. The summed E-state index contributed by atoms with van der Waals surface area (Å²) in [6.45, 7) is 3.82. The molecule has 2 heterocycles. The summed E-state index contributed by atoms with van der Waals surface area (Å²) in [5.41, 5.74) is 2.53. The van der Waals surface area contributed by atoms with Gasteiger partial charge in [0.15, 0.2) is 5.78 Å². The molecule has 0 atom stereocenters. The van der Waals surface area contributed by atoms with Crippen molar-refractivity contribution >= 4 is 33.0 Å². The van der Waals surface area contributed by atoms with Gasteiger partial charge in [-0.1, -0.05) is 0 Å². The van der Waals surface area contributed by atoms with E-state index in [1.54, 1.807) is 11.3 Å². The molecule has 4 heteroatoms. The molecule has 0 spiro atoms. The van der Waals surface area contributed by atoms with E-state index in [9.17, 15) is 4.79 Å². The van der Waals surface area contributed by atoms with Crippen molar-refractivity contribution in [3.63, 3.8) is 0 Å². The van der Waals surface area contributed by atoms with E-state index in [2.05, 4.69) is 20.9 Å². The van der Waals surface area contributed by atoms with Gasteiger partial charge in [0.2, 0.25) is 0 Å². The van der Waals surface area contributed by atoms with Crippen molar-refractivity contribution in [1.82, 2.24) is 4.98 Å². The fourth-order valence-electron chi connectivity index (χ4n) is 1.70. The first kappa shape index (κ1) is 12.5. The van der Waals surface area contributed by atoms with Gasteiger partial charge in [-0.3, -0.25) is 9.78 Å². The molecule has 0 aromatic carbocycles. The van der Waals surface area contributed by atoms with Gasteiger partial charge in [-0.2, -0.15) is 0 Å². The zero-order valence-corrected chi connectivity index (χ0v) is 12.1. The molecule has 0 amide bonds. The Kier molecular flexibility index (Phi) is 3.74. The highest BCUT2D eigenvalue weighted by Crippen LogP contribution is 2.21. The smallest absolute Gasteiger partial charge is 0.168 e. The van der Waals surface area contributed by atoms with E-state index >= 15 is 0 Å². The van der Waals surface area contributed by atoms with Gasteiger partial charge in [-0.25, -0.2) is 0 Å². The van der Waals surface area contributed by atoms with Gasteiger partial charge in [0.25, 0.3) is 0 Å². The maximum absolute atomic E-state index is 12.1. The van der Waals surface area contributed by atoms with E-state index in [4.69, 9.17) is 0 Å². The largest absolute Gasteiger partial charge is 0.294 e. The third-order valence-electron chi connectivity index (χ3n) is 2.36. The molecule has 88 valence electrons. The highest BCUT2D eigenvalue weighted by molar-refractivity contribution is 9.10. The average Bonchev–Trinajstić information content (AvgIpc) is 2.62. The zero-order valence-electron chi connectivity index (χ0n) is 9.66. The van der Waals surface area contributed by atoms with Crippen molar-refractivity contribution in [1.29, 1.82) is 0 Å². The summed E-state index contributed by atoms with van der Waals surface area (Å²) in [4.78, 5) is 17.4. The zero-order chi connectivity index (χ0) is 12.4. The predicted octanol–water partition coefficient (Wildman–Crippen LogP) is 3.95. The van der Waals surface area contributed by atoms with Crippen molar-refractivity contribution in [3.8, 4) is 0 Å². The minimum atomic E-state index is 0.146. The van der Waals surface area contributed by atoms with Gasteiger partial charge in [0.1, 0.15) is 0 Å². The normalized spacial score (nSPS) is 10.5. The molecule has 2 aromatic rings. The number of rotatable bonds is 3. The summed E-state index contributed by atoms with van der Waals surface area (Å²) in [6.07, 6.45) is 0.457. The fraction of sp³-hybridized carbons (Fsp3) is 0.231. The standard InChI is InChI=1S/C13H12BrNOS/c1-8-3-10(4-9(2)15-8)13(16)6-12-5-11(14)7-17-12/h3-5,7H,6H2,1-2H3. The molecular weight excluding hydrogens is 298 g/mol. The molecular formula is C13H12BrNOS. The SMILES string of the molecule is Cc1cc(C(=O)Cc2cc(Br)cs2)cc(C)n1. The molecule has 0 saturated heterocycles. The Morgan fingerprint density at radius 3 is 2.47 bits per heavy atom. The van der Waals surface area contributed by atoms with E-state index in [-0.39, 0.29) is 5.78 Å². The summed E-state index contributed by atoms with van der Waals surface area (Å²) in [5, 5.41) is 1.99. The van der Waals surface area contributed by atoms with Crippen LogP contribution >= 0.6 is 27.3 Å². The molecule has 0 aliphatic heterocycles. The third-order valence-corrected chi connectivity index (χ3v) is 4.06. The van der Waals surface area contributed by atoms with Gasteiger partial charge in [-0.05, 0) is 48.0 Å². The first-order chi connectivity index (χ1) is 8.04. The Labute approximate surface area is 113 Å². The number of hydrogen-bond donors (Lipinski definition) is 0. The van der Waals surface area contributed by atoms with Gasteiger partial charge in [0, 0.05) is 38.1 Å². The van der Waals surface area contributed by atoms with Crippen LogP contribution in [0.5, 0.6) is 0 Å². The summed E-state index contributed by atoms with van der Waals surface area (Å²) >= 11 is 4.99. The second-order valence-electron chi connectivity index (χ2n) is 3.97. The minimum Gasteiger partial charge on any atom is -0.294 e. The second kappa shape index (κ2) is 5.10. The Balaban J connectivity index is 2.19. The molecule has 2 aromatic heterocycles. The summed E-state index contributed by atoms with van der Waals surface area (Å²) in [5.74, 6) is 0.146. The van der Waals surface area contributed by atoms with Gasteiger partial charge < -0.3 is 0 Å². The molecule has 0 fully saturated rings. The van der Waals surface area contributed by atoms with Crippen molar-refractivity contribution in [2.24, 2.45) is 0 Å². The first-order valence-electron chi connectivity index (χ1n) is 5.26. The van der Waals surface area contributed by atoms with Gasteiger partial charge in [0.05, 0.1) is 0 Å². The molecule has 0 N–H and O–H groups in total. The number of aromatic nitrogens is 1. The maximum atomic E-state index is 12.1. The van der Waals surface area contributed by atoms with Crippen molar-refractivity contribution in [3.05, 3.63) is 49.9 Å². The first-order valence-corrected chi connectivity index (χ1v) is 6.93. The van der Waals surface area contributed by atoms with Crippen LogP contribution < -0.4 is 0 Å². The van der Waals surface area contributed by atoms with Crippen LogP contribution in [0.1, 0.15) is 26.6 Å². The Hall–Kier alpha value is -1.00. The lowest BCUT2D eigenvalue weighted by Crippen LogP contribution is -2.04. The average molecular weight is 310 g/mol. The summed E-state index contributed by atoms with van der Waals surface area (Å²) < 4.78 is 1.03. The molecule has 0 radical (unpaired) electrons. The number of ketones is 1. The van der Waals surface area contributed by atoms with Crippen LogP contribution in [-0.4, -0.2) is 10.8 Å². The highest BCUT2D eigenvalue weighted by atomic mass is 79.9. The van der Waals surface area contributed by atoms with Crippen LogP contribution in [-0.2, 0) is 6.42 Å². The Bertz CT molecular complexity index is 542. The number of carbonyl (C=O) groups excluding carboxylic acids is 1. The number of hydrogen-bond acceptors (Lipinski definition) is 3. The lowest BCUT2D eigenvalue weighted by atomic mass is 10.1. The number of Topliss-reactive ketones (excluding diaryl/α,β-unsaturated/α-hetero) is 1.